The molecule has 0 aromatic heterocycles. The van der Waals surface area contributed by atoms with Crippen LogP contribution in [-0.4, -0.2) is 17.1 Å². The summed E-state index contributed by atoms with van der Waals surface area (Å²) in [4.78, 5) is 11.2. The standard InChI is InChI=1S/C12H15BrFNO2/c1-3-7(2)15-11(12(16)17)9-5-4-8(14)6-10(9)13/h4-7,11,15H,3H2,1-2H3,(H,16,17). The van der Waals surface area contributed by atoms with Gasteiger partial charge in [0.2, 0.25) is 0 Å². The van der Waals surface area contributed by atoms with E-state index in [1.165, 1.54) is 18.2 Å². The number of halogens is 2. The number of carboxylic acid groups (broad SMARTS) is 1. The number of nitrogens with one attached hydrogen (secondary N) is 1. The van der Waals surface area contributed by atoms with Crippen molar-refractivity contribution < 1.29 is 14.3 Å². The minimum Gasteiger partial charge on any atom is -0.480 e. The highest BCUT2D eigenvalue weighted by atomic mass is 79.9. The Morgan fingerprint density at radius 2 is 2.24 bits per heavy atom. The first-order valence-electron chi connectivity index (χ1n) is 5.39. The van der Waals surface area contributed by atoms with Gasteiger partial charge in [0.25, 0.3) is 0 Å². The highest BCUT2D eigenvalue weighted by Gasteiger charge is 2.23. The Labute approximate surface area is 108 Å². The van der Waals surface area contributed by atoms with Crippen LogP contribution in [0.1, 0.15) is 31.9 Å². The molecule has 1 aromatic carbocycles. The summed E-state index contributed by atoms with van der Waals surface area (Å²) in [5.41, 5.74) is 0.527. The molecule has 2 N–H and O–H groups in total. The van der Waals surface area contributed by atoms with Crippen LogP contribution in [0, 0.1) is 5.82 Å². The van der Waals surface area contributed by atoms with Gasteiger partial charge >= 0.3 is 5.97 Å². The van der Waals surface area contributed by atoms with Crippen molar-refractivity contribution in [2.45, 2.75) is 32.4 Å². The fourth-order valence-corrected chi connectivity index (χ4v) is 2.01. The van der Waals surface area contributed by atoms with Crippen LogP contribution < -0.4 is 5.32 Å². The van der Waals surface area contributed by atoms with Gasteiger partial charge in [-0.2, -0.15) is 0 Å². The average Bonchev–Trinajstić information content (AvgIpc) is 2.26. The normalized spacial score (nSPS) is 14.4. The molecule has 0 bridgehead atoms. The third kappa shape index (κ3) is 3.78. The van der Waals surface area contributed by atoms with E-state index in [1.807, 2.05) is 13.8 Å². The molecule has 3 nitrogen and oxygen atoms in total. The highest BCUT2D eigenvalue weighted by molar-refractivity contribution is 9.10. The Bertz CT molecular complexity index is 411. The second kappa shape index (κ2) is 6.12. The molecule has 0 spiro atoms. The number of benzene rings is 1. The van der Waals surface area contributed by atoms with Crippen molar-refractivity contribution in [2.75, 3.05) is 0 Å². The lowest BCUT2D eigenvalue weighted by atomic mass is 10.1. The monoisotopic (exact) mass is 303 g/mol. The quantitative estimate of drug-likeness (QED) is 0.879. The van der Waals surface area contributed by atoms with Crippen LogP contribution in [0.4, 0.5) is 4.39 Å². The predicted molar refractivity (Wildman–Crippen MR) is 67.4 cm³/mol. The van der Waals surface area contributed by atoms with Gasteiger partial charge in [-0.15, -0.1) is 0 Å². The van der Waals surface area contributed by atoms with Crippen LogP contribution in [-0.2, 0) is 4.79 Å². The fraction of sp³-hybridized carbons (Fsp3) is 0.417. The molecule has 0 aliphatic carbocycles. The summed E-state index contributed by atoms with van der Waals surface area (Å²) in [7, 11) is 0. The number of hydrogen-bond donors (Lipinski definition) is 2. The predicted octanol–water partition coefficient (Wildman–Crippen LogP) is 3.10. The SMILES string of the molecule is CCC(C)NC(C(=O)O)c1ccc(F)cc1Br. The van der Waals surface area contributed by atoms with Crippen LogP contribution >= 0.6 is 15.9 Å². The molecular weight excluding hydrogens is 289 g/mol. The molecule has 1 rings (SSSR count). The van der Waals surface area contributed by atoms with Gasteiger partial charge in [-0.3, -0.25) is 10.1 Å². The van der Waals surface area contributed by atoms with Gasteiger partial charge in [-0.25, -0.2) is 4.39 Å². The largest absolute Gasteiger partial charge is 0.480 e. The van der Waals surface area contributed by atoms with Gasteiger partial charge in [0, 0.05) is 10.5 Å². The minimum absolute atomic E-state index is 0.0769. The van der Waals surface area contributed by atoms with Crippen LogP contribution in [0.3, 0.4) is 0 Å². The summed E-state index contributed by atoms with van der Waals surface area (Å²) >= 11 is 3.18. The first kappa shape index (κ1) is 14.1. The van der Waals surface area contributed by atoms with E-state index in [4.69, 9.17) is 0 Å². The van der Waals surface area contributed by atoms with E-state index in [0.29, 0.717) is 10.0 Å². The molecule has 0 amide bonds. The molecule has 94 valence electrons. The van der Waals surface area contributed by atoms with Crippen molar-refractivity contribution in [3.63, 3.8) is 0 Å². The van der Waals surface area contributed by atoms with Gasteiger partial charge in [-0.05, 0) is 31.0 Å². The van der Waals surface area contributed by atoms with Crippen LogP contribution in [0.2, 0.25) is 0 Å². The maximum Gasteiger partial charge on any atom is 0.325 e. The summed E-state index contributed by atoms with van der Waals surface area (Å²) in [6, 6.07) is 3.25. The Morgan fingerprint density at radius 3 is 2.71 bits per heavy atom. The summed E-state index contributed by atoms with van der Waals surface area (Å²) < 4.78 is 13.4. The zero-order valence-electron chi connectivity index (χ0n) is 9.71. The van der Waals surface area contributed by atoms with Gasteiger partial charge in [0.15, 0.2) is 0 Å². The molecule has 17 heavy (non-hydrogen) atoms. The van der Waals surface area contributed by atoms with Crippen LogP contribution in [0.25, 0.3) is 0 Å². The zero-order valence-corrected chi connectivity index (χ0v) is 11.3. The molecule has 0 saturated heterocycles. The second-order valence-corrected chi connectivity index (χ2v) is 4.77. The minimum atomic E-state index is -0.974. The molecule has 0 fully saturated rings. The van der Waals surface area contributed by atoms with E-state index in [0.717, 1.165) is 6.42 Å². The Morgan fingerprint density at radius 1 is 1.59 bits per heavy atom. The Kier molecular flexibility index (Phi) is 5.08. The number of rotatable bonds is 5. The van der Waals surface area contributed by atoms with Crippen molar-refractivity contribution >= 4 is 21.9 Å². The Hall–Kier alpha value is -0.940. The van der Waals surface area contributed by atoms with Gasteiger partial charge in [0.1, 0.15) is 11.9 Å². The lowest BCUT2D eigenvalue weighted by Crippen LogP contribution is -2.35. The van der Waals surface area contributed by atoms with E-state index in [2.05, 4.69) is 21.2 Å². The topological polar surface area (TPSA) is 49.3 Å². The van der Waals surface area contributed by atoms with Crippen LogP contribution in [0.5, 0.6) is 0 Å². The summed E-state index contributed by atoms with van der Waals surface area (Å²) in [6.07, 6.45) is 0.822. The highest BCUT2D eigenvalue weighted by Crippen LogP contribution is 2.25. The van der Waals surface area contributed by atoms with Crippen molar-refractivity contribution in [1.29, 1.82) is 0 Å². The van der Waals surface area contributed by atoms with E-state index in [9.17, 15) is 14.3 Å². The number of aliphatic carboxylic acids is 1. The lowest BCUT2D eigenvalue weighted by Gasteiger charge is -2.20. The molecule has 0 radical (unpaired) electrons. The number of carboxylic acids is 1. The molecule has 0 saturated carbocycles. The first-order valence-corrected chi connectivity index (χ1v) is 6.18. The molecule has 5 heteroatoms. The van der Waals surface area contributed by atoms with Crippen molar-refractivity contribution in [3.8, 4) is 0 Å². The molecular formula is C12H15BrFNO2. The molecule has 2 unspecified atom stereocenters. The number of hydrogen-bond acceptors (Lipinski definition) is 2. The average molecular weight is 304 g/mol. The van der Waals surface area contributed by atoms with Gasteiger partial charge < -0.3 is 5.11 Å². The molecule has 0 aliphatic heterocycles. The number of carbonyl (C=O) groups is 1. The Balaban J connectivity index is 3.01. The van der Waals surface area contributed by atoms with Gasteiger partial charge in [0.05, 0.1) is 0 Å². The summed E-state index contributed by atoms with van der Waals surface area (Å²) in [5, 5.41) is 12.2. The summed E-state index contributed by atoms with van der Waals surface area (Å²) in [5.74, 6) is -1.37. The zero-order chi connectivity index (χ0) is 13.0. The van der Waals surface area contributed by atoms with E-state index >= 15 is 0 Å². The van der Waals surface area contributed by atoms with Crippen LogP contribution in [0.15, 0.2) is 22.7 Å². The molecule has 0 heterocycles. The maximum atomic E-state index is 12.9. The third-order valence-corrected chi connectivity index (χ3v) is 3.27. The smallest absolute Gasteiger partial charge is 0.325 e. The van der Waals surface area contributed by atoms with E-state index < -0.39 is 17.8 Å². The molecule has 1 aromatic rings. The van der Waals surface area contributed by atoms with E-state index in [-0.39, 0.29) is 6.04 Å². The molecule has 2 atom stereocenters. The van der Waals surface area contributed by atoms with Crippen molar-refractivity contribution in [2.24, 2.45) is 0 Å². The van der Waals surface area contributed by atoms with Crippen molar-refractivity contribution in [1.82, 2.24) is 5.32 Å². The second-order valence-electron chi connectivity index (χ2n) is 3.91. The summed E-state index contributed by atoms with van der Waals surface area (Å²) in [6.45, 7) is 3.88. The molecule has 0 aliphatic rings. The van der Waals surface area contributed by atoms with Gasteiger partial charge in [-0.1, -0.05) is 28.9 Å². The van der Waals surface area contributed by atoms with Crippen molar-refractivity contribution in [3.05, 3.63) is 34.1 Å². The fourth-order valence-electron chi connectivity index (χ4n) is 1.43. The lowest BCUT2D eigenvalue weighted by molar-refractivity contribution is -0.139. The third-order valence-electron chi connectivity index (χ3n) is 2.58. The maximum absolute atomic E-state index is 12.9. The first-order chi connectivity index (χ1) is 7.95. The van der Waals surface area contributed by atoms with E-state index in [1.54, 1.807) is 0 Å².